The lowest BCUT2D eigenvalue weighted by atomic mass is 9.98. The molecule has 0 aromatic rings. The van der Waals surface area contributed by atoms with Crippen molar-refractivity contribution < 1.29 is 69.0 Å². The van der Waals surface area contributed by atoms with Crippen LogP contribution in [0.5, 0.6) is 0 Å². The molecule has 2 rings (SSSR count). The summed E-state index contributed by atoms with van der Waals surface area (Å²) in [6, 6.07) is 0. The second-order valence-electron chi connectivity index (χ2n) is 21.2. The second kappa shape index (κ2) is 45.9. The van der Waals surface area contributed by atoms with Crippen molar-refractivity contribution in [2.75, 3.05) is 33.0 Å². The molecule has 0 radical (unpaired) electrons. The van der Waals surface area contributed by atoms with Gasteiger partial charge in [0.2, 0.25) is 0 Å². The molecule has 7 N–H and O–H groups in total. The fourth-order valence-corrected chi connectivity index (χ4v) is 9.69. The van der Waals surface area contributed by atoms with Crippen molar-refractivity contribution in [3.05, 3.63) is 12.2 Å². The molecule has 426 valence electrons. The molecule has 2 aliphatic heterocycles. The lowest BCUT2D eigenvalue weighted by Crippen LogP contribution is -2.61. The molecule has 0 bridgehead atoms. The molecule has 0 aromatic carbocycles. The minimum atomic E-state index is -1.70. The van der Waals surface area contributed by atoms with Crippen molar-refractivity contribution in [2.45, 2.75) is 319 Å². The molecule has 14 nitrogen and oxygen atoms in total. The number of aliphatic hydroxyl groups is 7. The summed E-state index contributed by atoms with van der Waals surface area (Å²) in [4.78, 5) is 13.0. The van der Waals surface area contributed by atoms with Gasteiger partial charge in [0, 0.05) is 13.0 Å². The van der Waals surface area contributed by atoms with E-state index in [4.69, 9.17) is 28.4 Å². The Morgan fingerprint density at radius 2 is 0.819 bits per heavy atom. The Kier molecular flexibility index (Phi) is 42.6. The molecule has 72 heavy (non-hydrogen) atoms. The quantitative estimate of drug-likeness (QED) is 0.0172. The molecule has 14 heteroatoms. The predicted molar refractivity (Wildman–Crippen MR) is 284 cm³/mol. The van der Waals surface area contributed by atoms with Gasteiger partial charge in [0.05, 0.1) is 26.4 Å². The van der Waals surface area contributed by atoms with Crippen LogP contribution >= 0.6 is 0 Å². The van der Waals surface area contributed by atoms with E-state index in [1.54, 1.807) is 0 Å². The number of unbranched alkanes of at least 4 members (excludes halogenated alkanes) is 33. The first-order valence-electron chi connectivity index (χ1n) is 29.8. The van der Waals surface area contributed by atoms with E-state index in [0.717, 1.165) is 57.8 Å². The molecule has 0 saturated carbocycles. The summed E-state index contributed by atoms with van der Waals surface area (Å²) in [5, 5.41) is 72.3. The third-order valence-electron chi connectivity index (χ3n) is 14.5. The summed E-state index contributed by atoms with van der Waals surface area (Å²) in [5.41, 5.74) is 0. The van der Waals surface area contributed by atoms with Crippen LogP contribution in [0.2, 0.25) is 0 Å². The number of hydrogen-bond acceptors (Lipinski definition) is 14. The van der Waals surface area contributed by atoms with Crippen LogP contribution in [0.1, 0.15) is 251 Å². The van der Waals surface area contributed by atoms with E-state index in [-0.39, 0.29) is 25.6 Å². The van der Waals surface area contributed by atoms with Gasteiger partial charge in [-0.1, -0.05) is 219 Å². The highest BCUT2D eigenvalue weighted by Gasteiger charge is 2.47. The fraction of sp³-hybridized carbons (Fsp3) is 0.948. The fourth-order valence-electron chi connectivity index (χ4n) is 9.69. The molecule has 0 aromatic heterocycles. The molecule has 0 amide bonds. The number of hydrogen-bond donors (Lipinski definition) is 7. The van der Waals surface area contributed by atoms with Crippen LogP contribution in [0.25, 0.3) is 0 Å². The van der Waals surface area contributed by atoms with Gasteiger partial charge >= 0.3 is 5.97 Å². The maximum Gasteiger partial charge on any atom is 0.306 e. The van der Waals surface area contributed by atoms with Crippen LogP contribution in [0.4, 0.5) is 0 Å². The van der Waals surface area contributed by atoms with E-state index >= 15 is 0 Å². The second-order valence-corrected chi connectivity index (χ2v) is 21.2. The maximum atomic E-state index is 13.0. The highest BCUT2D eigenvalue weighted by atomic mass is 16.7. The van der Waals surface area contributed by atoms with Gasteiger partial charge in [-0.05, 0) is 38.5 Å². The Bertz CT molecular complexity index is 1240. The third kappa shape index (κ3) is 32.3. The lowest BCUT2D eigenvalue weighted by molar-refractivity contribution is -0.332. The molecule has 11 unspecified atom stereocenters. The SMILES string of the molecule is CCCCCCCC/C=C\CCCCCCCC(=O)OC(COCCCCCCCCCCCCCCCCCCCCCCCCC)COC1OC(COC2OC(CO)C(O)C(O)C2O)C(O)C(O)C1O. The summed E-state index contributed by atoms with van der Waals surface area (Å²) in [7, 11) is 0. The first-order valence-corrected chi connectivity index (χ1v) is 29.8. The number of rotatable bonds is 49. The highest BCUT2D eigenvalue weighted by Crippen LogP contribution is 2.27. The van der Waals surface area contributed by atoms with E-state index in [1.807, 2.05) is 0 Å². The smallest absolute Gasteiger partial charge is 0.306 e. The number of ether oxygens (including phenoxy) is 6. The number of esters is 1. The first kappa shape index (κ1) is 66.8. The van der Waals surface area contributed by atoms with Crippen LogP contribution in [0, 0.1) is 0 Å². The van der Waals surface area contributed by atoms with Gasteiger partial charge in [0.1, 0.15) is 54.9 Å². The third-order valence-corrected chi connectivity index (χ3v) is 14.5. The zero-order valence-electron chi connectivity index (χ0n) is 45.7. The minimum absolute atomic E-state index is 0.0645. The van der Waals surface area contributed by atoms with Crippen molar-refractivity contribution in [3.8, 4) is 0 Å². The Morgan fingerprint density at radius 3 is 1.26 bits per heavy atom. The van der Waals surface area contributed by atoms with Gasteiger partial charge < -0.3 is 64.2 Å². The number of aliphatic hydroxyl groups excluding tert-OH is 7. The van der Waals surface area contributed by atoms with Crippen LogP contribution < -0.4 is 0 Å². The van der Waals surface area contributed by atoms with Crippen LogP contribution in [0.15, 0.2) is 12.2 Å². The Labute approximate surface area is 437 Å². The van der Waals surface area contributed by atoms with E-state index < -0.39 is 80.7 Å². The van der Waals surface area contributed by atoms with Crippen LogP contribution in [-0.2, 0) is 33.2 Å². The first-order chi connectivity index (χ1) is 35.1. The Morgan fingerprint density at radius 1 is 0.444 bits per heavy atom. The molecule has 11 atom stereocenters. The summed E-state index contributed by atoms with van der Waals surface area (Å²) in [5.74, 6) is -0.379. The summed E-state index contributed by atoms with van der Waals surface area (Å²) < 4.78 is 34.4. The van der Waals surface area contributed by atoms with E-state index in [0.29, 0.717) is 13.0 Å². The molecule has 2 aliphatic rings. The Balaban J connectivity index is 1.68. The maximum absolute atomic E-state index is 13.0. The van der Waals surface area contributed by atoms with Gasteiger partial charge in [-0.3, -0.25) is 4.79 Å². The number of carbonyl (C=O) groups excluding carboxylic acids is 1. The van der Waals surface area contributed by atoms with Crippen molar-refractivity contribution in [1.29, 1.82) is 0 Å². The lowest BCUT2D eigenvalue weighted by Gasteiger charge is -2.42. The summed E-state index contributed by atoms with van der Waals surface area (Å²) in [6.45, 7) is 3.73. The van der Waals surface area contributed by atoms with Crippen molar-refractivity contribution in [2.24, 2.45) is 0 Å². The van der Waals surface area contributed by atoms with E-state index in [9.17, 15) is 40.5 Å². The average molecular weight is 1030 g/mol. The van der Waals surface area contributed by atoms with Gasteiger partial charge in [-0.2, -0.15) is 0 Å². The molecular weight excluding hydrogens is 921 g/mol. The Hall–Kier alpha value is -1.27. The zero-order valence-corrected chi connectivity index (χ0v) is 45.7. The van der Waals surface area contributed by atoms with Gasteiger partial charge in [-0.15, -0.1) is 0 Å². The van der Waals surface area contributed by atoms with Gasteiger partial charge in [-0.25, -0.2) is 0 Å². The van der Waals surface area contributed by atoms with Crippen molar-refractivity contribution in [3.63, 3.8) is 0 Å². The van der Waals surface area contributed by atoms with Crippen molar-refractivity contribution in [1.82, 2.24) is 0 Å². The minimum Gasteiger partial charge on any atom is -0.457 e. The average Bonchev–Trinajstić information content (AvgIpc) is 3.38. The largest absolute Gasteiger partial charge is 0.457 e. The van der Waals surface area contributed by atoms with Crippen LogP contribution in [-0.4, -0.2) is 142 Å². The monoisotopic (exact) mass is 1030 g/mol. The van der Waals surface area contributed by atoms with Gasteiger partial charge in [0.15, 0.2) is 12.6 Å². The topological polar surface area (TPSA) is 214 Å². The zero-order chi connectivity index (χ0) is 52.3. The summed E-state index contributed by atoms with van der Waals surface area (Å²) >= 11 is 0. The van der Waals surface area contributed by atoms with Gasteiger partial charge in [0.25, 0.3) is 0 Å². The standard InChI is InChI=1S/C58H110O14/c1-3-5-7-9-11-13-15-17-19-20-21-22-23-24-25-26-28-30-32-34-36-38-40-42-67-44-47(70-50(60)41-39-37-35-33-31-29-27-18-16-14-12-10-8-6-4-2)45-68-57-56(66)54(64)52(62)49(72-57)46-69-58-55(65)53(63)51(61)48(43-59)71-58/h18,27,47-49,51-59,61-66H,3-17,19-26,28-46H2,1-2H3/b27-18-. The molecule has 2 saturated heterocycles. The molecule has 0 spiro atoms. The molecule has 0 aliphatic carbocycles. The van der Waals surface area contributed by atoms with E-state index in [1.165, 1.54) is 167 Å². The molecule has 2 heterocycles. The van der Waals surface area contributed by atoms with Crippen LogP contribution in [0.3, 0.4) is 0 Å². The normalized spacial score (nSPS) is 25.1. The predicted octanol–water partition coefficient (Wildman–Crippen LogP) is 10.6. The number of allylic oxidation sites excluding steroid dienone is 2. The molecule has 2 fully saturated rings. The van der Waals surface area contributed by atoms with Crippen molar-refractivity contribution >= 4 is 5.97 Å². The van der Waals surface area contributed by atoms with E-state index in [2.05, 4.69) is 26.0 Å². The summed E-state index contributed by atoms with van der Waals surface area (Å²) in [6.07, 6.45) is 34.2. The molecular formula is C58H110O14. The highest BCUT2D eigenvalue weighted by molar-refractivity contribution is 5.69. The number of carbonyl (C=O) groups is 1.